The van der Waals surface area contributed by atoms with E-state index in [1.807, 2.05) is 6.26 Å². The summed E-state index contributed by atoms with van der Waals surface area (Å²) in [5.74, 6) is 0. The highest BCUT2D eigenvalue weighted by Crippen LogP contribution is 2.20. The van der Waals surface area contributed by atoms with Crippen molar-refractivity contribution in [2.75, 3.05) is 0 Å². The largest absolute Gasteiger partial charge is 0.498 e. The van der Waals surface area contributed by atoms with Crippen molar-refractivity contribution in [3.63, 3.8) is 0 Å². The van der Waals surface area contributed by atoms with Crippen molar-refractivity contribution in [3.8, 4) is 0 Å². The molecule has 12 heavy (non-hydrogen) atoms. The van der Waals surface area contributed by atoms with Gasteiger partial charge in [0.25, 0.3) is 0 Å². The predicted octanol–water partition coefficient (Wildman–Crippen LogP) is 3.65. The van der Waals surface area contributed by atoms with Crippen molar-refractivity contribution >= 4 is 0 Å². The zero-order valence-corrected chi connectivity index (χ0v) is 8.31. The van der Waals surface area contributed by atoms with Gasteiger partial charge in [-0.15, -0.1) is 0 Å². The second-order valence-corrected chi connectivity index (χ2v) is 3.94. The van der Waals surface area contributed by atoms with Crippen molar-refractivity contribution in [2.45, 2.75) is 58.5 Å². The molecular formula is C11H20O. The van der Waals surface area contributed by atoms with E-state index in [-0.39, 0.29) is 0 Å². The number of hydrogen-bond donors (Lipinski definition) is 0. The van der Waals surface area contributed by atoms with Gasteiger partial charge in [0.05, 0.1) is 12.4 Å². The fourth-order valence-corrected chi connectivity index (χ4v) is 1.61. The van der Waals surface area contributed by atoms with Crippen molar-refractivity contribution in [1.29, 1.82) is 0 Å². The van der Waals surface area contributed by atoms with E-state index < -0.39 is 0 Å². The SMILES string of the molecule is CC(C)=COC1CCCCCC1. The predicted molar refractivity (Wildman–Crippen MR) is 52.0 cm³/mol. The summed E-state index contributed by atoms with van der Waals surface area (Å²) in [5, 5.41) is 0. The Balaban J connectivity index is 2.25. The smallest absolute Gasteiger partial charge is 0.0978 e. The molecule has 1 saturated carbocycles. The molecule has 0 heterocycles. The molecule has 0 atom stereocenters. The molecule has 1 heteroatoms. The molecule has 0 bridgehead atoms. The normalized spacial score (nSPS) is 19.8. The first-order chi connectivity index (χ1) is 5.79. The van der Waals surface area contributed by atoms with Crippen LogP contribution in [0.3, 0.4) is 0 Å². The van der Waals surface area contributed by atoms with Crippen LogP contribution >= 0.6 is 0 Å². The zero-order chi connectivity index (χ0) is 8.81. The summed E-state index contributed by atoms with van der Waals surface area (Å²) >= 11 is 0. The average Bonchev–Trinajstić information content (AvgIpc) is 2.28. The molecule has 0 N–H and O–H groups in total. The Morgan fingerprint density at radius 1 is 1.08 bits per heavy atom. The van der Waals surface area contributed by atoms with Crippen LogP contribution in [0.5, 0.6) is 0 Å². The van der Waals surface area contributed by atoms with Crippen LogP contribution in [0.4, 0.5) is 0 Å². The maximum Gasteiger partial charge on any atom is 0.0978 e. The Kier molecular flexibility index (Phi) is 4.20. The Bertz CT molecular complexity index is 137. The summed E-state index contributed by atoms with van der Waals surface area (Å²) < 4.78 is 5.66. The molecule has 0 aromatic heterocycles. The zero-order valence-electron chi connectivity index (χ0n) is 8.31. The third-order valence-corrected chi connectivity index (χ3v) is 2.30. The summed E-state index contributed by atoms with van der Waals surface area (Å²) in [6, 6.07) is 0. The van der Waals surface area contributed by atoms with Gasteiger partial charge in [-0.25, -0.2) is 0 Å². The molecule has 70 valence electrons. The molecule has 1 nitrogen and oxygen atoms in total. The first-order valence-electron chi connectivity index (χ1n) is 5.08. The molecular weight excluding hydrogens is 148 g/mol. The molecule has 0 amide bonds. The summed E-state index contributed by atoms with van der Waals surface area (Å²) in [5.41, 5.74) is 1.26. The second-order valence-electron chi connectivity index (χ2n) is 3.94. The molecule has 0 aromatic carbocycles. The van der Waals surface area contributed by atoms with E-state index in [9.17, 15) is 0 Å². The summed E-state index contributed by atoms with van der Waals surface area (Å²) in [6.45, 7) is 4.16. The molecule has 0 unspecified atom stereocenters. The molecule has 0 radical (unpaired) electrons. The minimum Gasteiger partial charge on any atom is -0.498 e. The van der Waals surface area contributed by atoms with Gasteiger partial charge in [-0.05, 0) is 45.1 Å². The number of hydrogen-bond acceptors (Lipinski definition) is 1. The Morgan fingerprint density at radius 3 is 2.17 bits per heavy atom. The van der Waals surface area contributed by atoms with Crippen molar-refractivity contribution in [1.82, 2.24) is 0 Å². The van der Waals surface area contributed by atoms with Crippen LogP contribution in [0.2, 0.25) is 0 Å². The maximum absolute atomic E-state index is 5.66. The van der Waals surface area contributed by atoms with Gasteiger partial charge < -0.3 is 4.74 Å². The fraction of sp³-hybridized carbons (Fsp3) is 0.818. The molecule has 0 aliphatic heterocycles. The van der Waals surface area contributed by atoms with E-state index in [4.69, 9.17) is 4.74 Å². The van der Waals surface area contributed by atoms with E-state index in [1.54, 1.807) is 0 Å². The van der Waals surface area contributed by atoms with Gasteiger partial charge in [0.1, 0.15) is 0 Å². The second kappa shape index (κ2) is 5.23. The Hall–Kier alpha value is -0.460. The third kappa shape index (κ3) is 3.80. The number of rotatable bonds is 2. The molecule has 1 aliphatic rings. The van der Waals surface area contributed by atoms with Crippen LogP contribution in [-0.2, 0) is 4.74 Å². The molecule has 1 rings (SSSR count). The maximum atomic E-state index is 5.66. The van der Waals surface area contributed by atoms with E-state index in [0.29, 0.717) is 6.10 Å². The Morgan fingerprint density at radius 2 is 1.67 bits per heavy atom. The monoisotopic (exact) mass is 168 g/mol. The van der Waals surface area contributed by atoms with Crippen LogP contribution in [0.1, 0.15) is 52.4 Å². The first-order valence-corrected chi connectivity index (χ1v) is 5.08. The highest BCUT2D eigenvalue weighted by molar-refractivity contribution is 4.87. The average molecular weight is 168 g/mol. The minimum absolute atomic E-state index is 0.502. The molecule has 0 aromatic rings. The lowest BCUT2D eigenvalue weighted by Gasteiger charge is -2.13. The topological polar surface area (TPSA) is 9.23 Å². The number of ether oxygens (including phenoxy) is 1. The van der Waals surface area contributed by atoms with E-state index in [2.05, 4.69) is 13.8 Å². The van der Waals surface area contributed by atoms with Gasteiger partial charge in [-0.1, -0.05) is 12.8 Å². The van der Waals surface area contributed by atoms with E-state index >= 15 is 0 Å². The summed E-state index contributed by atoms with van der Waals surface area (Å²) in [7, 11) is 0. The van der Waals surface area contributed by atoms with Crippen molar-refractivity contribution in [3.05, 3.63) is 11.8 Å². The summed E-state index contributed by atoms with van der Waals surface area (Å²) in [4.78, 5) is 0. The quantitative estimate of drug-likeness (QED) is 0.451. The molecule has 0 saturated heterocycles. The van der Waals surface area contributed by atoms with Gasteiger partial charge in [0.15, 0.2) is 0 Å². The van der Waals surface area contributed by atoms with E-state index in [0.717, 1.165) is 0 Å². The van der Waals surface area contributed by atoms with Crippen molar-refractivity contribution < 1.29 is 4.74 Å². The van der Waals surface area contributed by atoms with Gasteiger partial charge in [0, 0.05) is 0 Å². The van der Waals surface area contributed by atoms with Crippen LogP contribution < -0.4 is 0 Å². The summed E-state index contributed by atoms with van der Waals surface area (Å²) in [6.07, 6.45) is 10.4. The standard InChI is InChI=1S/C11H20O/c1-10(2)9-12-11-7-5-3-4-6-8-11/h9,11H,3-8H2,1-2H3. The fourth-order valence-electron chi connectivity index (χ4n) is 1.61. The minimum atomic E-state index is 0.502. The molecule has 0 spiro atoms. The van der Waals surface area contributed by atoms with Crippen LogP contribution in [0.15, 0.2) is 11.8 Å². The van der Waals surface area contributed by atoms with Crippen molar-refractivity contribution in [2.24, 2.45) is 0 Å². The molecule has 1 fully saturated rings. The number of allylic oxidation sites excluding steroid dienone is 1. The lowest BCUT2D eigenvalue weighted by atomic mass is 10.1. The first kappa shape index (κ1) is 9.63. The van der Waals surface area contributed by atoms with Gasteiger partial charge in [0.2, 0.25) is 0 Å². The third-order valence-electron chi connectivity index (χ3n) is 2.30. The highest BCUT2D eigenvalue weighted by Gasteiger charge is 2.11. The van der Waals surface area contributed by atoms with Gasteiger partial charge >= 0.3 is 0 Å². The lowest BCUT2D eigenvalue weighted by molar-refractivity contribution is 0.127. The van der Waals surface area contributed by atoms with Gasteiger partial charge in [-0.3, -0.25) is 0 Å². The Labute approximate surface area is 75.8 Å². The highest BCUT2D eigenvalue weighted by atomic mass is 16.5. The lowest BCUT2D eigenvalue weighted by Crippen LogP contribution is -2.07. The van der Waals surface area contributed by atoms with E-state index in [1.165, 1.54) is 44.1 Å². The van der Waals surface area contributed by atoms with Crippen LogP contribution in [0, 0.1) is 0 Å². The van der Waals surface area contributed by atoms with Crippen LogP contribution in [0.25, 0.3) is 0 Å². The molecule has 1 aliphatic carbocycles. The van der Waals surface area contributed by atoms with Gasteiger partial charge in [-0.2, -0.15) is 0 Å². The van der Waals surface area contributed by atoms with Crippen LogP contribution in [-0.4, -0.2) is 6.10 Å².